The Labute approximate surface area is 95.7 Å². The van der Waals surface area contributed by atoms with Crippen molar-refractivity contribution in [2.45, 2.75) is 25.4 Å². The Balaban J connectivity index is 1.84. The first-order chi connectivity index (χ1) is 7.77. The molecule has 2 heterocycles. The molecule has 1 amide bonds. The maximum absolute atomic E-state index is 11.9. The Morgan fingerprint density at radius 2 is 2.31 bits per heavy atom. The molecule has 4 nitrogen and oxygen atoms in total. The number of likely N-dealkylation sites (tertiary alicyclic amines) is 1. The first-order valence-electron chi connectivity index (χ1n) is 5.64. The van der Waals surface area contributed by atoms with Gasteiger partial charge in [-0.15, -0.1) is 0 Å². The number of hydrogen-bond acceptors (Lipinski definition) is 3. The standard InChI is InChI=1S/C12H17N3O/c1-15-8-2-3-11(15)12(16)14-9-10-4-6-13-7-5-10/h4-7,11H,2-3,8-9H2,1H3,(H,14,16). The molecule has 86 valence electrons. The van der Waals surface area contributed by atoms with Gasteiger partial charge in [0.15, 0.2) is 0 Å². The highest BCUT2D eigenvalue weighted by Crippen LogP contribution is 2.14. The number of nitrogens with zero attached hydrogens (tertiary/aromatic N) is 2. The molecule has 16 heavy (non-hydrogen) atoms. The van der Waals surface area contributed by atoms with Gasteiger partial charge in [0.25, 0.3) is 0 Å². The largest absolute Gasteiger partial charge is 0.351 e. The number of aromatic nitrogens is 1. The van der Waals surface area contributed by atoms with Gasteiger partial charge in [-0.1, -0.05) is 0 Å². The summed E-state index contributed by atoms with van der Waals surface area (Å²) < 4.78 is 0. The molecule has 0 spiro atoms. The Morgan fingerprint density at radius 1 is 1.56 bits per heavy atom. The van der Waals surface area contributed by atoms with Crippen LogP contribution in [0.5, 0.6) is 0 Å². The molecule has 0 bridgehead atoms. The minimum absolute atomic E-state index is 0.0573. The highest BCUT2D eigenvalue weighted by molar-refractivity contribution is 5.81. The van der Waals surface area contributed by atoms with Crippen molar-refractivity contribution in [2.75, 3.05) is 13.6 Å². The van der Waals surface area contributed by atoms with Gasteiger partial charge in [0.2, 0.25) is 5.91 Å². The van der Waals surface area contributed by atoms with Crippen LogP contribution in [0, 0.1) is 0 Å². The lowest BCUT2D eigenvalue weighted by molar-refractivity contribution is -0.125. The van der Waals surface area contributed by atoms with Crippen molar-refractivity contribution in [1.29, 1.82) is 0 Å². The molecule has 4 heteroatoms. The monoisotopic (exact) mass is 219 g/mol. The third-order valence-corrected chi connectivity index (χ3v) is 3.04. The molecule has 0 radical (unpaired) electrons. The number of pyridine rings is 1. The molecule has 1 N–H and O–H groups in total. The molecule has 0 saturated carbocycles. The molecule has 2 rings (SSSR count). The molecule has 0 aliphatic carbocycles. The first-order valence-corrected chi connectivity index (χ1v) is 5.64. The van der Waals surface area contributed by atoms with Gasteiger partial charge in [0.1, 0.15) is 0 Å². The fourth-order valence-electron chi connectivity index (χ4n) is 2.05. The summed E-state index contributed by atoms with van der Waals surface area (Å²) in [6.45, 7) is 1.61. The fourth-order valence-corrected chi connectivity index (χ4v) is 2.05. The SMILES string of the molecule is CN1CCCC1C(=O)NCc1ccncc1. The summed E-state index contributed by atoms with van der Waals surface area (Å²) in [6.07, 6.45) is 5.56. The van der Waals surface area contributed by atoms with E-state index < -0.39 is 0 Å². The average molecular weight is 219 g/mol. The summed E-state index contributed by atoms with van der Waals surface area (Å²) >= 11 is 0. The van der Waals surface area contributed by atoms with E-state index in [0.29, 0.717) is 6.54 Å². The number of rotatable bonds is 3. The van der Waals surface area contributed by atoms with Gasteiger partial charge in [0, 0.05) is 18.9 Å². The van der Waals surface area contributed by atoms with Gasteiger partial charge in [-0.2, -0.15) is 0 Å². The van der Waals surface area contributed by atoms with Crippen molar-refractivity contribution in [1.82, 2.24) is 15.2 Å². The molecule has 1 aromatic rings. The van der Waals surface area contributed by atoms with Gasteiger partial charge >= 0.3 is 0 Å². The van der Waals surface area contributed by atoms with E-state index in [2.05, 4.69) is 15.2 Å². The minimum Gasteiger partial charge on any atom is -0.351 e. The topological polar surface area (TPSA) is 45.2 Å². The lowest BCUT2D eigenvalue weighted by atomic mass is 10.2. The number of likely N-dealkylation sites (N-methyl/N-ethyl adjacent to an activating group) is 1. The van der Waals surface area contributed by atoms with Crippen molar-refractivity contribution in [3.05, 3.63) is 30.1 Å². The van der Waals surface area contributed by atoms with Crippen molar-refractivity contribution in [3.63, 3.8) is 0 Å². The van der Waals surface area contributed by atoms with Crippen LogP contribution in [-0.4, -0.2) is 35.4 Å². The second-order valence-corrected chi connectivity index (χ2v) is 4.21. The fraction of sp³-hybridized carbons (Fsp3) is 0.500. The van der Waals surface area contributed by atoms with Crippen LogP contribution in [0.3, 0.4) is 0 Å². The van der Waals surface area contributed by atoms with E-state index in [1.54, 1.807) is 12.4 Å². The third kappa shape index (κ3) is 2.58. The number of hydrogen-bond donors (Lipinski definition) is 1. The van der Waals surface area contributed by atoms with Crippen LogP contribution < -0.4 is 5.32 Å². The van der Waals surface area contributed by atoms with Crippen LogP contribution in [0.25, 0.3) is 0 Å². The predicted octanol–water partition coefficient (Wildman–Crippen LogP) is 0.792. The van der Waals surface area contributed by atoms with E-state index in [1.165, 1.54) is 0 Å². The Bertz CT molecular complexity index is 353. The summed E-state index contributed by atoms with van der Waals surface area (Å²) in [6, 6.07) is 3.89. The molecule has 1 atom stereocenters. The summed E-state index contributed by atoms with van der Waals surface area (Å²) in [4.78, 5) is 17.9. The summed E-state index contributed by atoms with van der Waals surface area (Å²) in [5, 5.41) is 2.96. The molecule has 1 aromatic heterocycles. The molecule has 1 aliphatic rings. The van der Waals surface area contributed by atoms with Gasteiger partial charge in [-0.3, -0.25) is 14.7 Å². The number of carbonyl (C=O) groups excluding carboxylic acids is 1. The van der Waals surface area contributed by atoms with Gasteiger partial charge in [-0.25, -0.2) is 0 Å². The average Bonchev–Trinajstić information content (AvgIpc) is 2.74. The smallest absolute Gasteiger partial charge is 0.237 e. The van der Waals surface area contributed by atoms with Crippen LogP contribution in [0.15, 0.2) is 24.5 Å². The van der Waals surface area contributed by atoms with Gasteiger partial charge < -0.3 is 5.32 Å². The normalized spacial score (nSPS) is 20.9. The Kier molecular flexibility index (Phi) is 3.51. The van der Waals surface area contributed by atoms with E-state index >= 15 is 0 Å². The second kappa shape index (κ2) is 5.07. The predicted molar refractivity (Wildman–Crippen MR) is 61.7 cm³/mol. The zero-order valence-electron chi connectivity index (χ0n) is 9.52. The van der Waals surface area contributed by atoms with E-state index in [4.69, 9.17) is 0 Å². The number of carbonyl (C=O) groups is 1. The number of amides is 1. The van der Waals surface area contributed by atoms with Gasteiger partial charge in [-0.05, 0) is 44.1 Å². The molecular weight excluding hydrogens is 202 g/mol. The highest BCUT2D eigenvalue weighted by Gasteiger charge is 2.27. The molecular formula is C12H17N3O. The van der Waals surface area contributed by atoms with Crippen LogP contribution in [0.2, 0.25) is 0 Å². The van der Waals surface area contributed by atoms with Crippen LogP contribution >= 0.6 is 0 Å². The molecule has 1 saturated heterocycles. The van der Waals surface area contributed by atoms with E-state index in [-0.39, 0.29) is 11.9 Å². The lowest BCUT2D eigenvalue weighted by Crippen LogP contribution is -2.41. The zero-order valence-corrected chi connectivity index (χ0v) is 9.52. The molecule has 0 aromatic carbocycles. The van der Waals surface area contributed by atoms with E-state index in [9.17, 15) is 4.79 Å². The van der Waals surface area contributed by atoms with Crippen molar-refractivity contribution >= 4 is 5.91 Å². The first kappa shape index (κ1) is 11.1. The van der Waals surface area contributed by atoms with E-state index in [1.807, 2.05) is 19.2 Å². The highest BCUT2D eigenvalue weighted by atomic mass is 16.2. The molecule has 1 fully saturated rings. The summed E-state index contributed by atoms with van der Waals surface area (Å²) in [5.41, 5.74) is 1.09. The van der Waals surface area contributed by atoms with Gasteiger partial charge in [0.05, 0.1) is 6.04 Å². The summed E-state index contributed by atoms with van der Waals surface area (Å²) in [7, 11) is 2.00. The molecule has 1 unspecified atom stereocenters. The maximum atomic E-state index is 11.9. The third-order valence-electron chi connectivity index (χ3n) is 3.04. The van der Waals surface area contributed by atoms with Crippen LogP contribution in [0.1, 0.15) is 18.4 Å². The van der Waals surface area contributed by atoms with Crippen molar-refractivity contribution in [3.8, 4) is 0 Å². The minimum atomic E-state index is 0.0573. The second-order valence-electron chi connectivity index (χ2n) is 4.21. The van der Waals surface area contributed by atoms with Crippen molar-refractivity contribution < 1.29 is 4.79 Å². The molecule has 1 aliphatic heterocycles. The van der Waals surface area contributed by atoms with E-state index in [0.717, 1.165) is 24.9 Å². The zero-order chi connectivity index (χ0) is 11.4. The maximum Gasteiger partial charge on any atom is 0.237 e. The van der Waals surface area contributed by atoms with Crippen LogP contribution in [0.4, 0.5) is 0 Å². The lowest BCUT2D eigenvalue weighted by Gasteiger charge is -2.18. The summed E-state index contributed by atoms with van der Waals surface area (Å²) in [5.74, 6) is 0.136. The Morgan fingerprint density at radius 3 is 2.94 bits per heavy atom. The van der Waals surface area contributed by atoms with Crippen molar-refractivity contribution in [2.24, 2.45) is 0 Å². The van der Waals surface area contributed by atoms with Crippen LogP contribution in [-0.2, 0) is 11.3 Å². The number of nitrogens with one attached hydrogen (secondary N) is 1. The quantitative estimate of drug-likeness (QED) is 0.817. The Hall–Kier alpha value is -1.42.